The lowest BCUT2D eigenvalue weighted by atomic mass is 10.1. The van der Waals surface area contributed by atoms with E-state index in [2.05, 4.69) is 10.6 Å². The number of nitrogens with one attached hydrogen (secondary N) is 2. The van der Waals surface area contributed by atoms with Crippen molar-refractivity contribution < 1.29 is 19.1 Å². The lowest BCUT2D eigenvalue weighted by Gasteiger charge is -2.13. The minimum Gasteiger partial charge on any atom is -0.490 e. The molecule has 30 heavy (non-hydrogen) atoms. The Hall–Kier alpha value is -3.39. The first kappa shape index (κ1) is 21.3. The first-order valence-electron chi connectivity index (χ1n) is 9.61. The van der Waals surface area contributed by atoms with E-state index in [1.54, 1.807) is 36.4 Å². The van der Waals surface area contributed by atoms with Crippen LogP contribution in [0, 0.1) is 0 Å². The first-order valence-corrected chi connectivity index (χ1v) is 10.0. The lowest BCUT2D eigenvalue weighted by molar-refractivity contribution is -0.122. The largest absolute Gasteiger partial charge is 0.490 e. The second kappa shape index (κ2) is 9.89. The highest BCUT2D eigenvalue weighted by Gasteiger charge is 2.29. The molecule has 0 atom stereocenters. The quantitative estimate of drug-likeness (QED) is 0.500. The molecule has 1 aliphatic heterocycles. The maximum Gasteiger partial charge on any atom is 0.276 e. The average Bonchev–Trinajstić information content (AvgIpc) is 3.00. The van der Waals surface area contributed by atoms with Crippen molar-refractivity contribution >= 4 is 40.9 Å². The molecule has 0 spiro atoms. The molecule has 0 aromatic heterocycles. The minimum atomic E-state index is -0.274. The van der Waals surface area contributed by atoms with Crippen molar-refractivity contribution in [2.24, 2.45) is 0 Å². The summed E-state index contributed by atoms with van der Waals surface area (Å²) < 4.78 is 11.3. The molecule has 1 fully saturated rings. The first-order chi connectivity index (χ1) is 14.5. The van der Waals surface area contributed by atoms with Crippen molar-refractivity contribution in [1.29, 1.82) is 0 Å². The number of likely N-dealkylation sites (N-methyl/N-ethyl adjacent to an activating group) is 1. The van der Waals surface area contributed by atoms with Crippen LogP contribution in [-0.4, -0.2) is 41.6 Å². The van der Waals surface area contributed by atoms with Crippen molar-refractivity contribution in [2.75, 3.05) is 25.1 Å². The monoisotopic (exact) mass is 425 g/mol. The number of anilines is 1. The molecule has 3 rings (SSSR count). The highest BCUT2D eigenvalue weighted by atomic mass is 32.1. The number of rotatable bonds is 8. The Morgan fingerprint density at radius 1 is 1.13 bits per heavy atom. The fraction of sp³-hybridized carbons (Fsp3) is 0.227. The molecule has 1 heterocycles. The summed E-state index contributed by atoms with van der Waals surface area (Å²) in [6.45, 7) is 4.50. The highest BCUT2D eigenvalue weighted by Crippen LogP contribution is 2.29. The molecule has 0 unspecified atom stereocenters. The van der Waals surface area contributed by atoms with Gasteiger partial charge in [-0.25, -0.2) is 0 Å². The molecule has 2 aromatic rings. The van der Waals surface area contributed by atoms with Crippen molar-refractivity contribution in [1.82, 2.24) is 10.2 Å². The van der Waals surface area contributed by atoms with Crippen LogP contribution in [0.5, 0.6) is 11.5 Å². The maximum absolute atomic E-state index is 12.4. The molecule has 0 bridgehead atoms. The number of hydrogen-bond acceptors (Lipinski definition) is 5. The third-order valence-electron chi connectivity index (χ3n) is 4.27. The van der Waals surface area contributed by atoms with Crippen LogP contribution in [-0.2, 0) is 9.59 Å². The van der Waals surface area contributed by atoms with Crippen molar-refractivity contribution in [2.45, 2.75) is 13.8 Å². The van der Waals surface area contributed by atoms with Crippen LogP contribution in [0.1, 0.15) is 19.4 Å². The molecule has 2 aromatic carbocycles. The van der Waals surface area contributed by atoms with Gasteiger partial charge in [0, 0.05) is 12.2 Å². The van der Waals surface area contributed by atoms with Gasteiger partial charge in [0.25, 0.3) is 11.8 Å². The van der Waals surface area contributed by atoms with E-state index >= 15 is 0 Å². The third kappa shape index (κ3) is 5.15. The number of benzene rings is 2. The van der Waals surface area contributed by atoms with E-state index in [0.717, 1.165) is 5.56 Å². The van der Waals surface area contributed by atoms with Crippen molar-refractivity contribution in [3.05, 3.63) is 59.8 Å². The van der Waals surface area contributed by atoms with Crippen LogP contribution in [0.3, 0.4) is 0 Å². The second-order valence-electron chi connectivity index (χ2n) is 6.38. The molecule has 2 N–H and O–H groups in total. The highest BCUT2D eigenvalue weighted by molar-refractivity contribution is 7.80. The van der Waals surface area contributed by atoms with E-state index in [9.17, 15) is 9.59 Å². The second-order valence-corrected chi connectivity index (χ2v) is 6.77. The van der Waals surface area contributed by atoms with Crippen LogP contribution in [0.15, 0.2) is 54.2 Å². The normalized spacial score (nSPS) is 14.6. The van der Waals surface area contributed by atoms with Crippen LogP contribution in [0.25, 0.3) is 6.08 Å². The van der Waals surface area contributed by atoms with Gasteiger partial charge < -0.3 is 20.1 Å². The van der Waals surface area contributed by atoms with Crippen molar-refractivity contribution in [3.63, 3.8) is 0 Å². The van der Waals surface area contributed by atoms with Gasteiger partial charge in [-0.05, 0) is 62.0 Å². The van der Waals surface area contributed by atoms with E-state index in [-0.39, 0.29) is 18.4 Å². The summed E-state index contributed by atoms with van der Waals surface area (Å²) in [5.41, 5.74) is 1.85. The molecule has 156 valence electrons. The molecule has 0 aliphatic carbocycles. The summed E-state index contributed by atoms with van der Waals surface area (Å²) in [6, 6.07) is 14.4. The van der Waals surface area contributed by atoms with Gasteiger partial charge in [0.2, 0.25) is 0 Å². The Balaban J connectivity index is 1.71. The van der Waals surface area contributed by atoms with Crippen LogP contribution < -0.4 is 20.1 Å². The van der Waals surface area contributed by atoms with E-state index in [1.165, 1.54) is 4.90 Å². The van der Waals surface area contributed by atoms with E-state index in [0.29, 0.717) is 41.1 Å². The molecule has 7 nitrogen and oxygen atoms in total. The molecule has 1 aliphatic rings. The predicted molar refractivity (Wildman–Crippen MR) is 119 cm³/mol. The number of carbonyl (C=O) groups excluding carboxylic acids is 2. The van der Waals surface area contributed by atoms with Gasteiger partial charge >= 0.3 is 0 Å². The maximum atomic E-state index is 12.4. The number of hydrogen-bond donors (Lipinski definition) is 2. The molecular formula is C22H23N3O4S. The van der Waals surface area contributed by atoms with Gasteiger partial charge in [0.15, 0.2) is 23.2 Å². The van der Waals surface area contributed by atoms with Gasteiger partial charge in [-0.15, -0.1) is 0 Å². The van der Waals surface area contributed by atoms with Gasteiger partial charge in [-0.2, -0.15) is 0 Å². The topological polar surface area (TPSA) is 79.9 Å². The zero-order valence-electron chi connectivity index (χ0n) is 16.8. The number of ether oxygens (including phenoxy) is 2. The number of para-hydroxylation sites is 1. The molecule has 1 saturated heterocycles. The summed E-state index contributed by atoms with van der Waals surface area (Å²) in [4.78, 5) is 26.0. The smallest absolute Gasteiger partial charge is 0.276 e. The predicted octanol–water partition coefficient (Wildman–Crippen LogP) is 3.18. The Morgan fingerprint density at radius 2 is 1.90 bits per heavy atom. The van der Waals surface area contributed by atoms with Crippen LogP contribution >= 0.6 is 12.2 Å². The molecule has 8 heteroatoms. The minimum absolute atomic E-state index is 0.158. The summed E-state index contributed by atoms with van der Waals surface area (Å²) in [5.74, 6) is 0.487. The van der Waals surface area contributed by atoms with Crippen LogP contribution in [0.2, 0.25) is 0 Å². The fourth-order valence-electron chi connectivity index (χ4n) is 2.89. The standard InChI is InChI=1S/C22H23N3O4S/c1-3-25-21(27)17(24-22(25)30)12-15-10-11-18(19(13-15)28-4-2)29-14-20(26)23-16-8-6-5-7-9-16/h5-13H,3-4,14H2,1-2H3,(H,23,26)(H,24,30)/b17-12+. The van der Waals surface area contributed by atoms with Gasteiger partial charge in [0.1, 0.15) is 5.70 Å². The van der Waals surface area contributed by atoms with Gasteiger partial charge in [0.05, 0.1) is 6.61 Å². The lowest BCUT2D eigenvalue weighted by Crippen LogP contribution is -2.30. The molecule has 0 radical (unpaired) electrons. The number of carbonyl (C=O) groups is 2. The van der Waals surface area contributed by atoms with Crippen molar-refractivity contribution in [3.8, 4) is 11.5 Å². The van der Waals surface area contributed by atoms with Gasteiger partial charge in [-0.1, -0.05) is 24.3 Å². The Morgan fingerprint density at radius 3 is 2.57 bits per heavy atom. The van der Waals surface area contributed by atoms with E-state index < -0.39 is 0 Å². The SMILES string of the molecule is CCOc1cc(/C=C2/NC(=S)N(CC)C2=O)ccc1OCC(=O)Nc1ccccc1. The average molecular weight is 426 g/mol. The summed E-state index contributed by atoms with van der Waals surface area (Å²) >= 11 is 5.17. The Labute approximate surface area is 180 Å². The molecular weight excluding hydrogens is 402 g/mol. The fourth-order valence-corrected chi connectivity index (χ4v) is 3.21. The molecule has 2 amide bonds. The number of thiocarbonyl (C=S) groups is 1. The van der Waals surface area contributed by atoms with E-state index in [4.69, 9.17) is 21.7 Å². The summed E-state index contributed by atoms with van der Waals surface area (Å²) in [6.07, 6.45) is 1.71. The summed E-state index contributed by atoms with van der Waals surface area (Å²) in [5, 5.41) is 6.08. The zero-order valence-corrected chi connectivity index (χ0v) is 17.6. The Kier molecular flexibility index (Phi) is 7.03. The number of amides is 2. The van der Waals surface area contributed by atoms with Crippen LogP contribution in [0.4, 0.5) is 5.69 Å². The van der Waals surface area contributed by atoms with Gasteiger partial charge in [-0.3, -0.25) is 14.5 Å². The zero-order chi connectivity index (χ0) is 21.5. The Bertz CT molecular complexity index is 976. The third-order valence-corrected chi connectivity index (χ3v) is 4.60. The molecule has 0 saturated carbocycles. The summed E-state index contributed by atoms with van der Waals surface area (Å²) in [7, 11) is 0. The van der Waals surface area contributed by atoms with E-state index in [1.807, 2.05) is 32.0 Å². The number of nitrogens with zero attached hydrogens (tertiary/aromatic N) is 1.